The molecule has 2 aromatic heterocycles. The predicted molar refractivity (Wildman–Crippen MR) is 111 cm³/mol. The Morgan fingerprint density at radius 1 is 1.33 bits per heavy atom. The smallest absolute Gasteiger partial charge is 0.274 e. The molecular weight excluding hydrogens is 382 g/mol. The summed E-state index contributed by atoms with van der Waals surface area (Å²) in [6.45, 7) is 3.26. The fourth-order valence-corrected chi connectivity index (χ4v) is 4.30. The Kier molecular flexibility index (Phi) is 5.67. The van der Waals surface area contributed by atoms with Crippen LogP contribution in [0.25, 0.3) is 5.69 Å². The largest absolute Gasteiger partial charge is 0.379 e. The number of aliphatic hydroxyl groups excluding tert-OH is 1. The lowest BCUT2D eigenvalue weighted by Gasteiger charge is -2.25. The molecule has 0 aromatic carbocycles. The number of aromatic nitrogens is 3. The summed E-state index contributed by atoms with van der Waals surface area (Å²) in [5, 5.41) is 14.5. The van der Waals surface area contributed by atoms with E-state index in [2.05, 4.69) is 10.1 Å². The number of carbonyl (C=O) groups excluding carboxylic acids is 2. The summed E-state index contributed by atoms with van der Waals surface area (Å²) in [7, 11) is 1.74. The second-order valence-electron chi connectivity index (χ2n) is 8.00. The van der Waals surface area contributed by atoms with Gasteiger partial charge in [-0.3, -0.25) is 14.6 Å². The number of fused-ring (bicyclic) bond motifs is 1. The van der Waals surface area contributed by atoms with Crippen LogP contribution in [0.1, 0.15) is 30.3 Å². The molecule has 2 amide bonds. The third kappa shape index (κ3) is 3.87. The molecule has 2 aliphatic rings. The van der Waals surface area contributed by atoms with Crippen molar-refractivity contribution < 1.29 is 14.7 Å². The quantitative estimate of drug-likeness (QED) is 0.700. The molecule has 8 nitrogen and oxygen atoms in total. The fraction of sp³-hybridized carbons (Fsp3) is 0.455. The van der Waals surface area contributed by atoms with E-state index in [1.165, 1.54) is 0 Å². The lowest BCUT2D eigenvalue weighted by molar-refractivity contribution is -0.137. The van der Waals surface area contributed by atoms with Crippen LogP contribution in [0.2, 0.25) is 0 Å². The van der Waals surface area contributed by atoms with Crippen molar-refractivity contribution in [1.82, 2.24) is 24.6 Å². The maximum Gasteiger partial charge on any atom is 0.274 e. The summed E-state index contributed by atoms with van der Waals surface area (Å²) in [6.07, 6.45) is 9.26. The number of hydrogen-bond acceptors (Lipinski definition) is 5. The number of likely N-dealkylation sites (tertiary alicyclic amines) is 1. The van der Waals surface area contributed by atoms with Gasteiger partial charge in [-0.1, -0.05) is 25.5 Å². The molecule has 4 atom stereocenters. The van der Waals surface area contributed by atoms with E-state index in [4.69, 9.17) is 0 Å². The maximum atomic E-state index is 12.8. The Labute approximate surface area is 175 Å². The molecule has 0 spiro atoms. The molecule has 8 heteroatoms. The van der Waals surface area contributed by atoms with Gasteiger partial charge in [0.1, 0.15) is 0 Å². The zero-order chi connectivity index (χ0) is 21.3. The van der Waals surface area contributed by atoms with Crippen LogP contribution in [0.4, 0.5) is 0 Å². The van der Waals surface area contributed by atoms with Crippen LogP contribution < -0.4 is 0 Å². The number of unbranched alkanes of at least 4 members (excludes halogenated alkanes) is 1. The molecule has 1 saturated heterocycles. The summed E-state index contributed by atoms with van der Waals surface area (Å²) < 4.78 is 1.64. The molecule has 0 radical (unpaired) electrons. The van der Waals surface area contributed by atoms with Crippen molar-refractivity contribution >= 4 is 11.8 Å². The van der Waals surface area contributed by atoms with E-state index in [1.807, 2.05) is 25.1 Å². The monoisotopic (exact) mass is 409 g/mol. The number of aliphatic hydroxyl groups is 1. The average molecular weight is 409 g/mol. The highest BCUT2D eigenvalue weighted by Crippen LogP contribution is 2.48. The van der Waals surface area contributed by atoms with Gasteiger partial charge in [0, 0.05) is 50.4 Å². The number of likely N-dealkylation sites (N-methyl/N-ethyl adjacent to an activating group) is 1. The first-order valence-corrected chi connectivity index (χ1v) is 10.4. The highest BCUT2D eigenvalue weighted by atomic mass is 16.3. The molecule has 1 N–H and O–H groups in total. The Bertz CT molecular complexity index is 929. The summed E-state index contributed by atoms with van der Waals surface area (Å²) >= 11 is 0. The van der Waals surface area contributed by atoms with Crippen molar-refractivity contribution in [2.24, 2.45) is 11.8 Å². The first-order chi connectivity index (χ1) is 14.5. The third-order valence-corrected chi connectivity index (χ3v) is 5.98. The standard InChI is InChI=1S/C22H27N5O3/c1-3-4-5-8-19(28)22(30)25(2)20-16-13-26(14-17(16)20)21(29)18-9-11-27(24-18)15-7-6-10-23-12-15/h5-12,16-17,19-20,28H,3-4,13-14H2,1-2H3/b8-5+/t16-,17+,19?,20?. The number of amides is 2. The van der Waals surface area contributed by atoms with Crippen molar-refractivity contribution in [1.29, 1.82) is 0 Å². The lowest BCUT2D eigenvalue weighted by Crippen LogP contribution is -2.42. The summed E-state index contributed by atoms with van der Waals surface area (Å²) in [5.74, 6) is 0.139. The van der Waals surface area contributed by atoms with Crippen LogP contribution in [-0.2, 0) is 4.79 Å². The van der Waals surface area contributed by atoms with Crippen molar-refractivity contribution in [2.45, 2.75) is 31.9 Å². The Morgan fingerprint density at radius 3 is 2.77 bits per heavy atom. The van der Waals surface area contributed by atoms with Crippen molar-refractivity contribution in [3.05, 3.63) is 54.6 Å². The first kappa shape index (κ1) is 20.3. The van der Waals surface area contributed by atoms with Gasteiger partial charge in [0.05, 0.1) is 11.9 Å². The topological polar surface area (TPSA) is 91.6 Å². The number of piperidine rings is 1. The van der Waals surface area contributed by atoms with Crippen molar-refractivity contribution in [3.63, 3.8) is 0 Å². The van der Waals surface area contributed by atoms with Crippen LogP contribution in [-0.4, -0.2) is 73.8 Å². The fourth-order valence-electron chi connectivity index (χ4n) is 4.30. The molecule has 1 aliphatic heterocycles. The van der Waals surface area contributed by atoms with Gasteiger partial charge in [-0.25, -0.2) is 4.68 Å². The van der Waals surface area contributed by atoms with E-state index in [0.717, 1.165) is 18.5 Å². The molecule has 1 saturated carbocycles. The molecule has 158 valence electrons. The number of allylic oxidation sites excluding steroid dienone is 1. The second kappa shape index (κ2) is 8.39. The molecule has 0 bridgehead atoms. The highest BCUT2D eigenvalue weighted by molar-refractivity contribution is 5.92. The van der Waals surface area contributed by atoms with Gasteiger partial charge in [0.2, 0.25) is 0 Å². The van der Waals surface area contributed by atoms with E-state index < -0.39 is 6.10 Å². The van der Waals surface area contributed by atoms with Crippen LogP contribution in [0.5, 0.6) is 0 Å². The van der Waals surface area contributed by atoms with Gasteiger partial charge in [-0.05, 0) is 24.6 Å². The number of rotatable bonds is 7. The summed E-state index contributed by atoms with van der Waals surface area (Å²) in [6, 6.07) is 5.50. The van der Waals surface area contributed by atoms with E-state index in [9.17, 15) is 14.7 Å². The maximum absolute atomic E-state index is 12.8. The van der Waals surface area contributed by atoms with Gasteiger partial charge >= 0.3 is 0 Å². The number of hydrogen-bond donors (Lipinski definition) is 1. The number of nitrogens with zero attached hydrogens (tertiary/aromatic N) is 5. The normalized spacial score (nSPS) is 23.4. The first-order valence-electron chi connectivity index (χ1n) is 10.4. The Morgan fingerprint density at radius 2 is 2.10 bits per heavy atom. The zero-order valence-corrected chi connectivity index (χ0v) is 17.3. The molecule has 2 unspecified atom stereocenters. The van der Waals surface area contributed by atoms with E-state index in [1.54, 1.807) is 52.3 Å². The molecular formula is C22H27N5O3. The number of carbonyl (C=O) groups is 2. The summed E-state index contributed by atoms with van der Waals surface area (Å²) in [5.41, 5.74) is 1.20. The molecule has 30 heavy (non-hydrogen) atoms. The van der Waals surface area contributed by atoms with Crippen LogP contribution in [0.3, 0.4) is 0 Å². The molecule has 2 fully saturated rings. The Hall–Kier alpha value is -3.00. The molecule has 4 rings (SSSR count). The van der Waals surface area contributed by atoms with Crippen molar-refractivity contribution in [3.8, 4) is 5.69 Å². The number of pyridine rings is 1. The molecule has 1 aliphatic carbocycles. The van der Waals surface area contributed by atoms with Crippen LogP contribution >= 0.6 is 0 Å². The van der Waals surface area contributed by atoms with Gasteiger partial charge in [0.15, 0.2) is 11.8 Å². The highest BCUT2D eigenvalue weighted by Gasteiger charge is 2.59. The molecule has 2 aromatic rings. The van der Waals surface area contributed by atoms with Crippen molar-refractivity contribution in [2.75, 3.05) is 20.1 Å². The van der Waals surface area contributed by atoms with Gasteiger partial charge in [-0.15, -0.1) is 0 Å². The average Bonchev–Trinajstić information content (AvgIpc) is 3.14. The lowest BCUT2D eigenvalue weighted by atomic mass is 10.2. The minimum absolute atomic E-state index is 0.0868. The third-order valence-electron chi connectivity index (χ3n) is 5.98. The molecule has 3 heterocycles. The minimum atomic E-state index is -1.10. The van der Waals surface area contributed by atoms with E-state index in [-0.39, 0.29) is 29.7 Å². The predicted octanol–water partition coefficient (Wildman–Crippen LogP) is 1.51. The zero-order valence-electron chi connectivity index (χ0n) is 17.3. The minimum Gasteiger partial charge on any atom is -0.379 e. The Balaban J connectivity index is 1.32. The SMILES string of the molecule is CCC/C=C/C(O)C(=O)N(C)C1[C@H]2CN(C(=O)c3ccn(-c4cccnc4)n3)C[C@@H]12. The van der Waals surface area contributed by atoms with Gasteiger partial charge in [-0.2, -0.15) is 5.10 Å². The van der Waals surface area contributed by atoms with Crippen LogP contribution in [0, 0.1) is 11.8 Å². The summed E-state index contributed by atoms with van der Waals surface area (Å²) in [4.78, 5) is 32.8. The van der Waals surface area contributed by atoms with Gasteiger partial charge in [0.25, 0.3) is 11.8 Å². The van der Waals surface area contributed by atoms with E-state index in [0.29, 0.717) is 18.8 Å². The van der Waals surface area contributed by atoms with Crippen LogP contribution in [0.15, 0.2) is 48.9 Å². The van der Waals surface area contributed by atoms with Gasteiger partial charge < -0.3 is 14.9 Å². The second-order valence-corrected chi connectivity index (χ2v) is 8.00. The van der Waals surface area contributed by atoms with E-state index >= 15 is 0 Å².